The molecule has 94 valence electrons. The Hall–Kier alpha value is -1.95. The molecule has 0 bridgehead atoms. The SMILES string of the molecule is Cc1cc(-c2cccs2)nc(NCCC(=O)O)n1. The monoisotopic (exact) mass is 263 g/mol. The number of thiophene rings is 1. The van der Waals surface area contributed by atoms with E-state index in [1.807, 2.05) is 30.5 Å². The Labute approximate surface area is 109 Å². The number of aliphatic carboxylic acids is 1. The number of carboxylic acid groups (broad SMARTS) is 1. The van der Waals surface area contributed by atoms with Crippen molar-refractivity contribution in [3.8, 4) is 10.6 Å². The fourth-order valence-corrected chi connectivity index (χ4v) is 2.17. The summed E-state index contributed by atoms with van der Waals surface area (Å²) in [5.41, 5.74) is 1.71. The Balaban J connectivity index is 2.14. The van der Waals surface area contributed by atoms with Gasteiger partial charge in [0.15, 0.2) is 0 Å². The molecule has 0 radical (unpaired) electrons. The van der Waals surface area contributed by atoms with Gasteiger partial charge in [0.25, 0.3) is 0 Å². The number of hydrogen-bond acceptors (Lipinski definition) is 5. The van der Waals surface area contributed by atoms with Gasteiger partial charge in [-0.3, -0.25) is 4.79 Å². The molecule has 0 aliphatic rings. The first kappa shape index (κ1) is 12.5. The van der Waals surface area contributed by atoms with Crippen LogP contribution in [0.2, 0.25) is 0 Å². The maximum Gasteiger partial charge on any atom is 0.305 e. The average Bonchev–Trinajstić information content (AvgIpc) is 2.81. The molecule has 6 heteroatoms. The van der Waals surface area contributed by atoms with E-state index >= 15 is 0 Å². The maximum atomic E-state index is 10.4. The lowest BCUT2D eigenvalue weighted by Crippen LogP contribution is -2.10. The number of aryl methyl sites for hydroxylation is 1. The summed E-state index contributed by atoms with van der Waals surface area (Å²) in [6.45, 7) is 2.21. The first-order valence-corrected chi connectivity index (χ1v) is 6.38. The van der Waals surface area contributed by atoms with E-state index in [2.05, 4.69) is 15.3 Å². The van der Waals surface area contributed by atoms with Crippen LogP contribution in [0.25, 0.3) is 10.6 Å². The number of aromatic nitrogens is 2. The lowest BCUT2D eigenvalue weighted by atomic mass is 10.3. The normalized spacial score (nSPS) is 10.3. The number of anilines is 1. The second-order valence-electron chi connectivity index (χ2n) is 3.77. The number of nitrogens with one attached hydrogen (secondary N) is 1. The van der Waals surface area contributed by atoms with Gasteiger partial charge >= 0.3 is 5.97 Å². The van der Waals surface area contributed by atoms with Crippen LogP contribution in [-0.4, -0.2) is 27.6 Å². The van der Waals surface area contributed by atoms with E-state index in [-0.39, 0.29) is 6.42 Å². The molecule has 0 unspecified atom stereocenters. The highest BCUT2D eigenvalue weighted by Gasteiger charge is 2.05. The molecule has 0 saturated heterocycles. The molecule has 0 fully saturated rings. The third kappa shape index (κ3) is 3.27. The number of carbonyl (C=O) groups is 1. The molecule has 0 aliphatic carbocycles. The van der Waals surface area contributed by atoms with Gasteiger partial charge in [-0.1, -0.05) is 6.07 Å². The Morgan fingerprint density at radius 1 is 1.50 bits per heavy atom. The molecule has 0 aromatic carbocycles. The summed E-state index contributed by atoms with van der Waals surface area (Å²) in [6, 6.07) is 5.87. The molecule has 2 rings (SSSR count). The summed E-state index contributed by atoms with van der Waals surface area (Å²) in [5.74, 6) is -0.367. The largest absolute Gasteiger partial charge is 0.481 e. The summed E-state index contributed by atoms with van der Waals surface area (Å²) in [5, 5.41) is 13.5. The van der Waals surface area contributed by atoms with Crippen LogP contribution in [0, 0.1) is 6.92 Å². The van der Waals surface area contributed by atoms with Gasteiger partial charge in [-0.2, -0.15) is 0 Å². The Morgan fingerprint density at radius 3 is 3.00 bits per heavy atom. The van der Waals surface area contributed by atoms with E-state index in [9.17, 15) is 4.79 Å². The maximum absolute atomic E-state index is 10.4. The first-order valence-electron chi connectivity index (χ1n) is 5.50. The van der Waals surface area contributed by atoms with Gasteiger partial charge < -0.3 is 10.4 Å². The van der Waals surface area contributed by atoms with Crippen molar-refractivity contribution in [2.24, 2.45) is 0 Å². The van der Waals surface area contributed by atoms with E-state index in [0.717, 1.165) is 16.3 Å². The van der Waals surface area contributed by atoms with Gasteiger partial charge in [-0.15, -0.1) is 11.3 Å². The molecule has 2 N–H and O–H groups in total. The zero-order valence-electron chi connectivity index (χ0n) is 9.88. The van der Waals surface area contributed by atoms with Crippen LogP contribution in [0.3, 0.4) is 0 Å². The van der Waals surface area contributed by atoms with Gasteiger partial charge in [0.2, 0.25) is 5.95 Å². The average molecular weight is 263 g/mol. The molecule has 0 saturated carbocycles. The van der Waals surface area contributed by atoms with E-state index < -0.39 is 5.97 Å². The van der Waals surface area contributed by atoms with E-state index in [1.165, 1.54) is 0 Å². The highest BCUT2D eigenvalue weighted by Crippen LogP contribution is 2.23. The number of nitrogens with zero attached hydrogens (tertiary/aromatic N) is 2. The number of carboxylic acids is 1. The van der Waals surface area contributed by atoms with Gasteiger partial charge in [-0.25, -0.2) is 9.97 Å². The second-order valence-corrected chi connectivity index (χ2v) is 4.71. The molecule has 2 aromatic heterocycles. The predicted octanol–water partition coefficient (Wildman–Crippen LogP) is 2.40. The minimum Gasteiger partial charge on any atom is -0.481 e. The molecule has 2 aromatic rings. The standard InChI is InChI=1S/C12H13N3O2S/c1-8-7-9(10-3-2-6-18-10)15-12(14-8)13-5-4-11(16)17/h2-3,6-7H,4-5H2,1H3,(H,16,17)(H,13,14,15). The predicted molar refractivity (Wildman–Crippen MR) is 70.8 cm³/mol. The molecule has 0 amide bonds. The molecule has 0 atom stereocenters. The van der Waals surface area contributed by atoms with Gasteiger partial charge in [0.1, 0.15) is 0 Å². The summed E-state index contributed by atoms with van der Waals surface area (Å²) < 4.78 is 0. The van der Waals surface area contributed by atoms with E-state index in [4.69, 9.17) is 5.11 Å². The summed E-state index contributed by atoms with van der Waals surface area (Å²) in [4.78, 5) is 20.1. The minimum atomic E-state index is -0.839. The van der Waals surface area contributed by atoms with Crippen LogP contribution >= 0.6 is 11.3 Å². The Kier molecular flexibility index (Phi) is 3.88. The third-order valence-corrected chi connectivity index (χ3v) is 3.14. The van der Waals surface area contributed by atoms with Crippen LogP contribution < -0.4 is 5.32 Å². The molecular formula is C12H13N3O2S. The highest BCUT2D eigenvalue weighted by atomic mass is 32.1. The zero-order chi connectivity index (χ0) is 13.0. The Bertz CT molecular complexity index is 540. The molecule has 5 nitrogen and oxygen atoms in total. The fraction of sp³-hybridized carbons (Fsp3) is 0.250. The molecule has 2 heterocycles. The number of rotatable bonds is 5. The van der Waals surface area contributed by atoms with E-state index in [1.54, 1.807) is 11.3 Å². The zero-order valence-corrected chi connectivity index (χ0v) is 10.7. The fourth-order valence-electron chi connectivity index (χ4n) is 1.48. The lowest BCUT2D eigenvalue weighted by Gasteiger charge is -2.06. The van der Waals surface area contributed by atoms with Crippen molar-refractivity contribution >= 4 is 23.3 Å². The van der Waals surface area contributed by atoms with Crippen LogP contribution in [0.5, 0.6) is 0 Å². The van der Waals surface area contributed by atoms with Crippen LogP contribution in [0.4, 0.5) is 5.95 Å². The molecule has 0 aliphatic heterocycles. The van der Waals surface area contributed by atoms with Crippen molar-refractivity contribution in [2.75, 3.05) is 11.9 Å². The molecule has 0 spiro atoms. The van der Waals surface area contributed by atoms with Gasteiger partial charge in [0, 0.05) is 12.2 Å². The van der Waals surface area contributed by atoms with Crippen molar-refractivity contribution in [3.05, 3.63) is 29.3 Å². The Morgan fingerprint density at radius 2 is 2.33 bits per heavy atom. The number of hydrogen-bond donors (Lipinski definition) is 2. The topological polar surface area (TPSA) is 75.1 Å². The van der Waals surface area contributed by atoms with Crippen molar-refractivity contribution < 1.29 is 9.90 Å². The minimum absolute atomic E-state index is 0.0473. The van der Waals surface area contributed by atoms with Crippen molar-refractivity contribution in [2.45, 2.75) is 13.3 Å². The molecule has 18 heavy (non-hydrogen) atoms. The van der Waals surface area contributed by atoms with Gasteiger partial charge in [0.05, 0.1) is 17.0 Å². The highest BCUT2D eigenvalue weighted by molar-refractivity contribution is 7.13. The molecular weight excluding hydrogens is 250 g/mol. The van der Waals surface area contributed by atoms with Crippen LogP contribution in [0.15, 0.2) is 23.6 Å². The van der Waals surface area contributed by atoms with Gasteiger partial charge in [-0.05, 0) is 24.4 Å². The van der Waals surface area contributed by atoms with Crippen molar-refractivity contribution in [1.29, 1.82) is 0 Å². The summed E-state index contributed by atoms with van der Waals surface area (Å²) in [6.07, 6.45) is 0.0473. The van der Waals surface area contributed by atoms with E-state index in [0.29, 0.717) is 12.5 Å². The van der Waals surface area contributed by atoms with Crippen molar-refractivity contribution in [1.82, 2.24) is 9.97 Å². The lowest BCUT2D eigenvalue weighted by molar-refractivity contribution is -0.136. The van der Waals surface area contributed by atoms with Crippen LogP contribution in [0.1, 0.15) is 12.1 Å². The first-order chi connectivity index (χ1) is 8.65. The van der Waals surface area contributed by atoms with Crippen molar-refractivity contribution in [3.63, 3.8) is 0 Å². The van der Waals surface area contributed by atoms with Crippen LogP contribution in [-0.2, 0) is 4.79 Å². The summed E-state index contributed by atoms with van der Waals surface area (Å²) >= 11 is 1.61. The smallest absolute Gasteiger partial charge is 0.305 e. The second kappa shape index (κ2) is 5.59. The third-order valence-electron chi connectivity index (χ3n) is 2.25. The summed E-state index contributed by atoms with van der Waals surface area (Å²) in [7, 11) is 0. The quantitative estimate of drug-likeness (QED) is 0.866.